The lowest BCUT2D eigenvalue weighted by Gasteiger charge is -2.38. The highest BCUT2D eigenvalue weighted by atomic mass is 16.4. The van der Waals surface area contributed by atoms with Crippen LogP contribution in [0.1, 0.15) is 40.5 Å². The number of likely N-dealkylation sites (tertiary alicyclic amines) is 1. The van der Waals surface area contributed by atoms with Crippen molar-refractivity contribution in [1.29, 1.82) is 0 Å². The van der Waals surface area contributed by atoms with Gasteiger partial charge in [-0.1, -0.05) is 6.92 Å². The van der Waals surface area contributed by atoms with Gasteiger partial charge in [-0.3, -0.25) is 4.79 Å². The third-order valence-corrected chi connectivity index (χ3v) is 3.63. The maximum absolute atomic E-state index is 12.3. The summed E-state index contributed by atoms with van der Waals surface area (Å²) in [5.41, 5.74) is -0.512. The summed E-state index contributed by atoms with van der Waals surface area (Å²) in [5, 5.41) is 11.9. The predicted molar refractivity (Wildman–Crippen MR) is 77.8 cm³/mol. The number of rotatable bonds is 4. The second-order valence-corrected chi connectivity index (χ2v) is 6.33. The Morgan fingerprint density at radius 2 is 2.05 bits per heavy atom. The van der Waals surface area contributed by atoms with Crippen molar-refractivity contribution in [3.8, 4) is 0 Å². The van der Waals surface area contributed by atoms with Crippen LogP contribution in [0.3, 0.4) is 0 Å². The van der Waals surface area contributed by atoms with E-state index in [9.17, 15) is 9.59 Å². The van der Waals surface area contributed by atoms with Crippen molar-refractivity contribution in [2.75, 3.05) is 26.2 Å². The summed E-state index contributed by atoms with van der Waals surface area (Å²) < 4.78 is 0. The van der Waals surface area contributed by atoms with Crippen LogP contribution in [0.25, 0.3) is 0 Å². The highest BCUT2D eigenvalue weighted by molar-refractivity contribution is 5.81. The molecule has 0 radical (unpaired) electrons. The first-order valence-electron chi connectivity index (χ1n) is 7.26. The van der Waals surface area contributed by atoms with Gasteiger partial charge in [-0.05, 0) is 46.7 Å². The zero-order valence-electron chi connectivity index (χ0n) is 13.0. The molecule has 6 heteroatoms. The summed E-state index contributed by atoms with van der Waals surface area (Å²) in [5.74, 6) is -0.992. The van der Waals surface area contributed by atoms with Crippen molar-refractivity contribution in [2.24, 2.45) is 0 Å². The van der Waals surface area contributed by atoms with Crippen LogP contribution in [0.4, 0.5) is 4.79 Å². The van der Waals surface area contributed by atoms with Crippen molar-refractivity contribution < 1.29 is 14.7 Å². The summed E-state index contributed by atoms with van der Waals surface area (Å²) in [6.07, 6.45) is 2.01. The molecule has 1 heterocycles. The lowest BCUT2D eigenvalue weighted by molar-refractivity contribution is -0.138. The van der Waals surface area contributed by atoms with Gasteiger partial charge in [0.15, 0.2) is 0 Å². The minimum absolute atomic E-state index is 0.106. The van der Waals surface area contributed by atoms with Gasteiger partial charge in [0.1, 0.15) is 6.54 Å². The monoisotopic (exact) mass is 285 g/mol. The van der Waals surface area contributed by atoms with Crippen LogP contribution in [-0.2, 0) is 4.79 Å². The third-order valence-electron chi connectivity index (χ3n) is 3.63. The Morgan fingerprint density at radius 1 is 1.40 bits per heavy atom. The molecular weight excluding hydrogens is 258 g/mol. The molecule has 0 aromatic rings. The van der Waals surface area contributed by atoms with Crippen LogP contribution in [0.2, 0.25) is 0 Å². The fraction of sp³-hybridized carbons (Fsp3) is 0.857. The molecule has 2 amide bonds. The van der Waals surface area contributed by atoms with Gasteiger partial charge in [-0.15, -0.1) is 0 Å². The Balaban J connectivity index is 2.63. The second kappa shape index (κ2) is 6.92. The van der Waals surface area contributed by atoms with Crippen LogP contribution < -0.4 is 5.32 Å². The molecular formula is C14H27N3O3. The fourth-order valence-corrected chi connectivity index (χ4v) is 2.46. The number of piperidine rings is 1. The van der Waals surface area contributed by atoms with Crippen LogP contribution >= 0.6 is 0 Å². The van der Waals surface area contributed by atoms with Crippen LogP contribution in [0.5, 0.6) is 0 Å². The Hall–Kier alpha value is -1.30. The summed E-state index contributed by atoms with van der Waals surface area (Å²) >= 11 is 0. The van der Waals surface area contributed by atoms with E-state index in [0.717, 1.165) is 32.5 Å². The predicted octanol–water partition coefficient (Wildman–Crippen LogP) is 1.37. The molecule has 0 saturated carbocycles. The highest BCUT2D eigenvalue weighted by Crippen LogP contribution is 2.15. The van der Waals surface area contributed by atoms with E-state index in [2.05, 4.69) is 17.1 Å². The summed E-state index contributed by atoms with van der Waals surface area (Å²) in [4.78, 5) is 26.9. The highest BCUT2D eigenvalue weighted by Gasteiger charge is 2.30. The number of aliphatic carboxylic acids is 1. The molecule has 1 aliphatic rings. The molecule has 1 unspecified atom stereocenters. The van der Waals surface area contributed by atoms with Gasteiger partial charge in [0.2, 0.25) is 0 Å². The summed E-state index contributed by atoms with van der Waals surface area (Å²) in [7, 11) is 0. The van der Waals surface area contributed by atoms with Gasteiger partial charge in [-0.2, -0.15) is 0 Å². The van der Waals surface area contributed by atoms with Crippen LogP contribution in [-0.4, -0.2) is 64.7 Å². The number of urea groups is 1. The minimum Gasteiger partial charge on any atom is -0.480 e. The normalized spacial score (nSPS) is 20.5. The molecule has 1 rings (SSSR count). The second-order valence-electron chi connectivity index (χ2n) is 6.33. The summed E-state index contributed by atoms with van der Waals surface area (Å²) in [6.45, 7) is 10.2. The van der Waals surface area contributed by atoms with Gasteiger partial charge >= 0.3 is 12.0 Å². The number of carbonyl (C=O) groups excluding carboxylic acids is 1. The fourth-order valence-electron chi connectivity index (χ4n) is 2.46. The largest absolute Gasteiger partial charge is 0.480 e. The summed E-state index contributed by atoms with van der Waals surface area (Å²) in [6, 6.07) is -0.183. The lowest BCUT2D eigenvalue weighted by atomic mass is 10.0. The average Bonchev–Trinajstić information content (AvgIpc) is 2.34. The van der Waals surface area contributed by atoms with E-state index >= 15 is 0 Å². The van der Waals surface area contributed by atoms with Crippen molar-refractivity contribution in [2.45, 2.75) is 52.1 Å². The molecule has 116 valence electrons. The van der Waals surface area contributed by atoms with E-state index in [-0.39, 0.29) is 18.6 Å². The van der Waals surface area contributed by atoms with E-state index in [1.165, 1.54) is 4.90 Å². The molecule has 0 aliphatic carbocycles. The third kappa shape index (κ3) is 5.00. The van der Waals surface area contributed by atoms with Gasteiger partial charge in [-0.25, -0.2) is 4.79 Å². The van der Waals surface area contributed by atoms with E-state index in [4.69, 9.17) is 5.11 Å². The van der Waals surface area contributed by atoms with E-state index in [1.807, 2.05) is 20.8 Å². The van der Waals surface area contributed by atoms with Gasteiger partial charge in [0, 0.05) is 18.1 Å². The first-order valence-corrected chi connectivity index (χ1v) is 7.26. The average molecular weight is 285 g/mol. The topological polar surface area (TPSA) is 72.9 Å². The molecule has 0 bridgehead atoms. The van der Waals surface area contributed by atoms with Crippen LogP contribution in [0, 0.1) is 0 Å². The first kappa shape index (κ1) is 16.8. The Bertz CT molecular complexity index is 352. The Kier molecular flexibility index (Phi) is 5.80. The molecule has 0 aromatic carbocycles. The first-order chi connectivity index (χ1) is 9.24. The maximum atomic E-state index is 12.3. The zero-order chi connectivity index (χ0) is 15.3. The number of carboxylic acids is 1. The number of nitrogens with one attached hydrogen (secondary N) is 1. The van der Waals surface area contributed by atoms with Gasteiger partial charge < -0.3 is 20.2 Å². The number of hydrogen-bond acceptors (Lipinski definition) is 3. The van der Waals surface area contributed by atoms with E-state index in [0.29, 0.717) is 0 Å². The molecule has 1 fully saturated rings. The van der Waals surface area contributed by atoms with Crippen LogP contribution in [0.15, 0.2) is 0 Å². The molecule has 1 aliphatic heterocycles. The van der Waals surface area contributed by atoms with Crippen molar-refractivity contribution in [3.63, 3.8) is 0 Å². The molecule has 20 heavy (non-hydrogen) atoms. The lowest BCUT2D eigenvalue weighted by Crippen LogP contribution is -2.57. The molecule has 1 atom stereocenters. The van der Waals surface area contributed by atoms with E-state index < -0.39 is 11.5 Å². The van der Waals surface area contributed by atoms with Crippen molar-refractivity contribution >= 4 is 12.0 Å². The molecule has 2 N–H and O–H groups in total. The SMILES string of the molecule is CCN1CCCC(NC(=O)N(CC(=O)O)C(C)(C)C)C1. The maximum Gasteiger partial charge on any atom is 0.323 e. The number of likely N-dealkylation sites (N-methyl/N-ethyl adjacent to an activating group) is 1. The molecule has 1 saturated heterocycles. The smallest absolute Gasteiger partial charge is 0.323 e. The number of nitrogens with zero attached hydrogens (tertiary/aromatic N) is 2. The minimum atomic E-state index is -0.992. The quantitative estimate of drug-likeness (QED) is 0.818. The number of amides is 2. The number of carbonyl (C=O) groups is 2. The molecule has 0 aromatic heterocycles. The standard InChI is InChI=1S/C14H27N3O3/c1-5-16-8-6-7-11(9-16)15-13(20)17(10-12(18)19)14(2,3)4/h11H,5-10H2,1-4H3,(H,15,20)(H,18,19). The zero-order valence-corrected chi connectivity index (χ0v) is 13.0. The number of carboxylic acid groups (broad SMARTS) is 1. The van der Waals surface area contributed by atoms with E-state index in [1.54, 1.807) is 0 Å². The van der Waals surface area contributed by atoms with Gasteiger partial charge in [0.05, 0.1) is 0 Å². The molecule has 0 spiro atoms. The molecule has 6 nitrogen and oxygen atoms in total. The van der Waals surface area contributed by atoms with Crippen molar-refractivity contribution in [3.05, 3.63) is 0 Å². The van der Waals surface area contributed by atoms with Crippen molar-refractivity contribution in [1.82, 2.24) is 15.1 Å². The van der Waals surface area contributed by atoms with Gasteiger partial charge in [0.25, 0.3) is 0 Å². The number of hydrogen-bond donors (Lipinski definition) is 2. The Morgan fingerprint density at radius 3 is 2.55 bits per heavy atom. The Labute approximate surface area is 121 Å².